The predicted molar refractivity (Wildman–Crippen MR) is 65.0 cm³/mol. The summed E-state index contributed by atoms with van der Waals surface area (Å²) in [6, 6.07) is -0.173. The summed E-state index contributed by atoms with van der Waals surface area (Å²) in [4.78, 5) is 24.7. The number of rotatable bonds is 3. The molecular formula is C13H20N2O3. The molecule has 1 aliphatic carbocycles. The molecule has 4 atom stereocenters. The van der Waals surface area contributed by atoms with Crippen LogP contribution in [0.3, 0.4) is 0 Å². The van der Waals surface area contributed by atoms with Crippen LogP contribution in [0.2, 0.25) is 0 Å². The Hall–Kier alpha value is -1.10. The van der Waals surface area contributed by atoms with Crippen LogP contribution in [0.25, 0.3) is 0 Å². The second-order valence-corrected chi connectivity index (χ2v) is 5.89. The standard InChI is InChI=1S/C13H20N2O3/c16-11-5-4-9(14-11)7-15-6-8-2-1-3-10(8)12(15)13(17)18/h8-10,12H,1-7H2,(H,14,16)(H,17,18). The fraction of sp³-hybridized carbons (Fsp3) is 0.846. The second kappa shape index (κ2) is 4.53. The van der Waals surface area contributed by atoms with Crippen LogP contribution in [-0.2, 0) is 9.59 Å². The van der Waals surface area contributed by atoms with Gasteiger partial charge in [-0.05, 0) is 31.1 Å². The Morgan fingerprint density at radius 1 is 1.39 bits per heavy atom. The summed E-state index contributed by atoms with van der Waals surface area (Å²) >= 11 is 0. The Labute approximate surface area is 107 Å². The van der Waals surface area contributed by atoms with Crippen LogP contribution in [0, 0.1) is 11.8 Å². The molecule has 0 spiro atoms. The monoisotopic (exact) mass is 252 g/mol. The Morgan fingerprint density at radius 3 is 2.89 bits per heavy atom. The highest BCUT2D eigenvalue weighted by atomic mass is 16.4. The highest BCUT2D eigenvalue weighted by molar-refractivity contribution is 5.78. The lowest BCUT2D eigenvalue weighted by molar-refractivity contribution is -0.143. The summed E-state index contributed by atoms with van der Waals surface area (Å²) in [6.45, 7) is 1.60. The molecule has 100 valence electrons. The van der Waals surface area contributed by atoms with Gasteiger partial charge < -0.3 is 10.4 Å². The molecule has 2 heterocycles. The molecule has 5 heteroatoms. The van der Waals surface area contributed by atoms with Crippen molar-refractivity contribution in [1.82, 2.24) is 10.2 Å². The molecule has 0 aromatic carbocycles. The largest absolute Gasteiger partial charge is 0.480 e. The zero-order chi connectivity index (χ0) is 12.7. The third-order valence-electron chi connectivity index (χ3n) is 4.78. The molecule has 0 radical (unpaired) electrons. The van der Waals surface area contributed by atoms with Crippen LogP contribution in [-0.4, -0.2) is 47.1 Å². The third kappa shape index (κ3) is 2.00. The number of carbonyl (C=O) groups is 2. The Kier molecular flexibility index (Phi) is 3.01. The van der Waals surface area contributed by atoms with E-state index in [1.54, 1.807) is 0 Å². The van der Waals surface area contributed by atoms with Crippen LogP contribution in [0.15, 0.2) is 0 Å². The van der Waals surface area contributed by atoms with E-state index in [1.807, 2.05) is 0 Å². The molecule has 0 aromatic heterocycles. The number of nitrogens with zero attached hydrogens (tertiary/aromatic N) is 1. The molecule has 4 unspecified atom stereocenters. The highest BCUT2D eigenvalue weighted by Crippen LogP contribution is 2.42. The number of amides is 1. The average Bonchev–Trinajstić information content (AvgIpc) is 2.93. The van der Waals surface area contributed by atoms with Gasteiger partial charge in [-0.25, -0.2) is 0 Å². The number of fused-ring (bicyclic) bond motifs is 1. The summed E-state index contributed by atoms with van der Waals surface area (Å²) in [5, 5.41) is 12.4. The molecule has 3 aliphatic rings. The molecule has 3 fully saturated rings. The zero-order valence-electron chi connectivity index (χ0n) is 10.5. The molecule has 3 rings (SSSR count). The van der Waals surface area contributed by atoms with Gasteiger partial charge in [0.05, 0.1) is 0 Å². The fourth-order valence-corrected chi connectivity index (χ4v) is 4.02. The second-order valence-electron chi connectivity index (χ2n) is 5.89. The SMILES string of the molecule is O=C1CCC(CN2CC3CCCC3C2C(=O)O)N1. The lowest BCUT2D eigenvalue weighted by Crippen LogP contribution is -2.45. The van der Waals surface area contributed by atoms with Crippen molar-refractivity contribution in [2.45, 2.75) is 44.2 Å². The first kappa shape index (κ1) is 12.0. The van der Waals surface area contributed by atoms with Gasteiger partial charge >= 0.3 is 5.97 Å². The summed E-state index contributed by atoms with van der Waals surface area (Å²) in [5.41, 5.74) is 0. The van der Waals surface area contributed by atoms with E-state index in [0.717, 1.165) is 19.4 Å². The maximum Gasteiger partial charge on any atom is 0.321 e. The van der Waals surface area contributed by atoms with Gasteiger partial charge in [0, 0.05) is 25.6 Å². The van der Waals surface area contributed by atoms with E-state index in [0.29, 0.717) is 24.8 Å². The first-order chi connectivity index (χ1) is 8.65. The summed E-state index contributed by atoms with van der Waals surface area (Å²) in [6.07, 6.45) is 4.82. The molecule has 0 aromatic rings. The Balaban J connectivity index is 1.67. The molecule has 2 aliphatic heterocycles. The van der Waals surface area contributed by atoms with E-state index in [1.165, 1.54) is 12.8 Å². The minimum absolute atomic E-state index is 0.103. The maximum absolute atomic E-state index is 11.5. The number of hydrogen-bond donors (Lipinski definition) is 2. The quantitative estimate of drug-likeness (QED) is 0.765. The topological polar surface area (TPSA) is 69.6 Å². The third-order valence-corrected chi connectivity index (χ3v) is 4.78. The highest BCUT2D eigenvalue weighted by Gasteiger charge is 2.48. The normalized spacial score (nSPS) is 39.9. The van der Waals surface area contributed by atoms with Crippen molar-refractivity contribution < 1.29 is 14.7 Å². The Morgan fingerprint density at radius 2 is 2.22 bits per heavy atom. The average molecular weight is 252 g/mol. The molecular weight excluding hydrogens is 232 g/mol. The number of nitrogens with one attached hydrogen (secondary N) is 1. The lowest BCUT2D eigenvalue weighted by Gasteiger charge is -2.26. The van der Waals surface area contributed by atoms with Crippen molar-refractivity contribution in [1.29, 1.82) is 0 Å². The van der Waals surface area contributed by atoms with E-state index in [4.69, 9.17) is 0 Å². The Bertz CT molecular complexity index is 371. The summed E-state index contributed by atoms with van der Waals surface area (Å²) in [7, 11) is 0. The first-order valence-electron chi connectivity index (χ1n) is 6.91. The lowest BCUT2D eigenvalue weighted by atomic mass is 9.94. The van der Waals surface area contributed by atoms with Gasteiger partial charge in [0.15, 0.2) is 0 Å². The zero-order valence-corrected chi connectivity index (χ0v) is 10.5. The van der Waals surface area contributed by atoms with E-state index in [-0.39, 0.29) is 18.0 Å². The van der Waals surface area contributed by atoms with Crippen LogP contribution in [0.4, 0.5) is 0 Å². The number of carboxylic acid groups (broad SMARTS) is 1. The van der Waals surface area contributed by atoms with Gasteiger partial charge in [-0.2, -0.15) is 0 Å². The minimum Gasteiger partial charge on any atom is -0.480 e. The van der Waals surface area contributed by atoms with Gasteiger partial charge in [0.25, 0.3) is 0 Å². The maximum atomic E-state index is 11.5. The van der Waals surface area contributed by atoms with E-state index < -0.39 is 5.97 Å². The van der Waals surface area contributed by atoms with E-state index in [9.17, 15) is 14.7 Å². The smallest absolute Gasteiger partial charge is 0.321 e. The van der Waals surface area contributed by atoms with Crippen molar-refractivity contribution >= 4 is 11.9 Å². The fourth-order valence-electron chi connectivity index (χ4n) is 4.02. The van der Waals surface area contributed by atoms with E-state index in [2.05, 4.69) is 10.2 Å². The molecule has 5 nitrogen and oxygen atoms in total. The number of aliphatic carboxylic acids is 1. The van der Waals surface area contributed by atoms with Crippen molar-refractivity contribution in [2.24, 2.45) is 11.8 Å². The minimum atomic E-state index is -0.686. The van der Waals surface area contributed by atoms with Gasteiger partial charge in [-0.15, -0.1) is 0 Å². The molecule has 2 saturated heterocycles. The van der Waals surface area contributed by atoms with Crippen LogP contribution in [0.5, 0.6) is 0 Å². The molecule has 1 amide bonds. The molecule has 2 N–H and O–H groups in total. The van der Waals surface area contributed by atoms with Crippen molar-refractivity contribution in [3.63, 3.8) is 0 Å². The van der Waals surface area contributed by atoms with Gasteiger partial charge in [0.2, 0.25) is 5.91 Å². The van der Waals surface area contributed by atoms with Crippen LogP contribution >= 0.6 is 0 Å². The summed E-state index contributed by atoms with van der Waals surface area (Å²) < 4.78 is 0. The van der Waals surface area contributed by atoms with Crippen LogP contribution in [0.1, 0.15) is 32.1 Å². The predicted octanol–water partition coefficient (Wildman–Crippen LogP) is 0.450. The van der Waals surface area contributed by atoms with Crippen molar-refractivity contribution in [3.05, 3.63) is 0 Å². The summed E-state index contributed by atoms with van der Waals surface area (Å²) in [5.74, 6) is 0.308. The van der Waals surface area contributed by atoms with Crippen molar-refractivity contribution in [3.8, 4) is 0 Å². The number of carboxylic acids is 1. The number of carbonyl (C=O) groups excluding carboxylic acids is 1. The number of likely N-dealkylation sites (tertiary alicyclic amines) is 1. The van der Waals surface area contributed by atoms with Crippen LogP contribution < -0.4 is 5.32 Å². The van der Waals surface area contributed by atoms with Crippen molar-refractivity contribution in [2.75, 3.05) is 13.1 Å². The van der Waals surface area contributed by atoms with Gasteiger partial charge in [-0.3, -0.25) is 14.5 Å². The number of hydrogen-bond acceptors (Lipinski definition) is 3. The van der Waals surface area contributed by atoms with E-state index >= 15 is 0 Å². The molecule has 0 bridgehead atoms. The first-order valence-corrected chi connectivity index (χ1v) is 6.91. The molecule has 1 saturated carbocycles. The van der Waals surface area contributed by atoms with Gasteiger partial charge in [0.1, 0.15) is 6.04 Å². The molecule has 18 heavy (non-hydrogen) atoms. The van der Waals surface area contributed by atoms with Gasteiger partial charge in [-0.1, -0.05) is 6.42 Å².